The van der Waals surface area contributed by atoms with Crippen LogP contribution in [0.4, 0.5) is 0 Å². The molecule has 0 radical (unpaired) electrons. The number of carbonyl (C=O) groups excluding carboxylic acids is 1. The van der Waals surface area contributed by atoms with E-state index in [0.29, 0.717) is 18.8 Å². The highest BCUT2D eigenvalue weighted by molar-refractivity contribution is 9.10. The van der Waals surface area contributed by atoms with E-state index in [2.05, 4.69) is 15.9 Å². The summed E-state index contributed by atoms with van der Waals surface area (Å²) >= 11 is 3.40. The Labute approximate surface area is 125 Å². The summed E-state index contributed by atoms with van der Waals surface area (Å²) in [5, 5.41) is 0. The maximum Gasteiger partial charge on any atom is 0.305 e. The second kappa shape index (κ2) is 9.26. The molecule has 0 N–H and O–H groups in total. The quantitative estimate of drug-likeness (QED) is 0.532. The molecule has 0 saturated heterocycles. The van der Waals surface area contributed by atoms with Crippen LogP contribution in [-0.4, -0.2) is 22.5 Å². The van der Waals surface area contributed by atoms with E-state index in [1.165, 1.54) is 0 Å². The van der Waals surface area contributed by atoms with Crippen molar-refractivity contribution in [1.82, 2.24) is 0 Å². The van der Waals surface area contributed by atoms with Gasteiger partial charge < -0.3 is 4.74 Å². The molecule has 0 aromatic heterocycles. The summed E-state index contributed by atoms with van der Waals surface area (Å²) in [6.07, 6.45) is 3.00. The lowest BCUT2D eigenvalue weighted by Crippen LogP contribution is -2.04. The first-order valence-electron chi connectivity index (χ1n) is 6.43. The Bertz CT molecular complexity index is 434. The fourth-order valence-corrected chi connectivity index (χ4v) is 3.68. The zero-order valence-electron chi connectivity index (χ0n) is 11.1. The molecule has 1 rings (SSSR count). The van der Waals surface area contributed by atoms with E-state index in [9.17, 15) is 9.00 Å². The Hall–Kier alpha value is -0.680. The van der Waals surface area contributed by atoms with Gasteiger partial charge in [-0.25, -0.2) is 0 Å². The van der Waals surface area contributed by atoms with Gasteiger partial charge in [-0.3, -0.25) is 9.00 Å². The highest BCUT2D eigenvalue weighted by Crippen LogP contribution is 2.20. The number of hydrogen-bond acceptors (Lipinski definition) is 3. The van der Waals surface area contributed by atoms with Gasteiger partial charge in [0, 0.05) is 16.6 Å². The summed E-state index contributed by atoms with van der Waals surface area (Å²) in [6, 6.07) is 7.57. The standard InChI is InChI=1S/C14H19BrO3S/c1-2-18-14(16)10-4-3-7-11-19(17)13-9-6-5-8-12(13)15/h5-6,8-9H,2-4,7,10-11H2,1H3. The van der Waals surface area contributed by atoms with Crippen molar-refractivity contribution in [2.75, 3.05) is 12.4 Å². The molecule has 19 heavy (non-hydrogen) atoms. The monoisotopic (exact) mass is 346 g/mol. The van der Waals surface area contributed by atoms with Crippen LogP contribution < -0.4 is 0 Å². The number of unbranched alkanes of at least 4 members (excludes halogenated alkanes) is 2. The van der Waals surface area contributed by atoms with Crippen LogP contribution in [0, 0.1) is 0 Å². The molecule has 0 aliphatic heterocycles. The van der Waals surface area contributed by atoms with E-state index >= 15 is 0 Å². The van der Waals surface area contributed by atoms with Gasteiger partial charge in [0.25, 0.3) is 0 Å². The van der Waals surface area contributed by atoms with E-state index in [1.807, 2.05) is 24.3 Å². The molecule has 0 spiro atoms. The van der Waals surface area contributed by atoms with Gasteiger partial charge in [0.05, 0.1) is 22.3 Å². The number of hydrogen-bond donors (Lipinski definition) is 0. The maximum atomic E-state index is 12.1. The second-order valence-corrected chi connectivity index (χ2v) is 6.49. The molecular formula is C14H19BrO3S. The first-order chi connectivity index (χ1) is 9.15. The number of ether oxygens (including phenoxy) is 1. The van der Waals surface area contributed by atoms with Gasteiger partial charge in [-0.05, 0) is 47.8 Å². The molecule has 0 aliphatic carbocycles. The Morgan fingerprint density at radius 3 is 2.68 bits per heavy atom. The third-order valence-corrected chi connectivity index (χ3v) is 5.06. The van der Waals surface area contributed by atoms with Crippen LogP contribution in [0.15, 0.2) is 33.6 Å². The van der Waals surface area contributed by atoms with Gasteiger partial charge in [-0.2, -0.15) is 0 Å². The minimum absolute atomic E-state index is 0.144. The van der Waals surface area contributed by atoms with Gasteiger partial charge in [-0.1, -0.05) is 18.6 Å². The third kappa shape index (κ3) is 6.34. The van der Waals surface area contributed by atoms with Gasteiger partial charge in [-0.15, -0.1) is 0 Å². The SMILES string of the molecule is CCOC(=O)CCCCCS(=O)c1ccccc1Br. The number of carbonyl (C=O) groups is 1. The highest BCUT2D eigenvalue weighted by atomic mass is 79.9. The molecule has 0 heterocycles. The zero-order valence-corrected chi connectivity index (χ0v) is 13.5. The average Bonchev–Trinajstić information content (AvgIpc) is 2.39. The summed E-state index contributed by atoms with van der Waals surface area (Å²) in [7, 11) is -0.976. The van der Waals surface area contributed by atoms with Crippen LogP contribution in [0.5, 0.6) is 0 Å². The lowest BCUT2D eigenvalue weighted by molar-refractivity contribution is -0.143. The molecule has 1 unspecified atom stereocenters. The molecule has 0 fully saturated rings. The van der Waals surface area contributed by atoms with E-state index in [1.54, 1.807) is 6.92 Å². The summed E-state index contributed by atoms with van der Waals surface area (Å²) < 4.78 is 17.8. The van der Waals surface area contributed by atoms with Crippen molar-refractivity contribution >= 4 is 32.7 Å². The molecule has 0 aliphatic rings. The Balaban J connectivity index is 2.21. The number of esters is 1. The van der Waals surface area contributed by atoms with Crippen LogP contribution in [0.25, 0.3) is 0 Å². The molecule has 5 heteroatoms. The first-order valence-corrected chi connectivity index (χ1v) is 8.55. The smallest absolute Gasteiger partial charge is 0.305 e. The Kier molecular flexibility index (Phi) is 7.98. The molecule has 1 aromatic carbocycles. The normalized spacial score (nSPS) is 12.1. The number of benzene rings is 1. The first kappa shape index (κ1) is 16.4. The molecule has 0 bridgehead atoms. The van der Waals surface area contributed by atoms with Gasteiger partial charge in [0.2, 0.25) is 0 Å². The Morgan fingerprint density at radius 2 is 2.00 bits per heavy atom. The predicted molar refractivity (Wildman–Crippen MR) is 80.5 cm³/mol. The topological polar surface area (TPSA) is 43.4 Å². The molecule has 1 aromatic rings. The van der Waals surface area contributed by atoms with E-state index in [4.69, 9.17) is 4.74 Å². The molecule has 106 valence electrons. The lowest BCUT2D eigenvalue weighted by atomic mass is 10.2. The zero-order chi connectivity index (χ0) is 14.1. The van der Waals surface area contributed by atoms with E-state index in [-0.39, 0.29) is 5.97 Å². The van der Waals surface area contributed by atoms with Crippen molar-refractivity contribution in [3.63, 3.8) is 0 Å². The van der Waals surface area contributed by atoms with Crippen molar-refractivity contribution in [3.8, 4) is 0 Å². The predicted octanol–water partition coefficient (Wildman–Crippen LogP) is 3.68. The molecular weight excluding hydrogens is 328 g/mol. The van der Waals surface area contributed by atoms with E-state index in [0.717, 1.165) is 28.6 Å². The van der Waals surface area contributed by atoms with Crippen LogP contribution >= 0.6 is 15.9 Å². The molecule has 0 saturated carbocycles. The maximum absolute atomic E-state index is 12.1. The van der Waals surface area contributed by atoms with Gasteiger partial charge in [0.15, 0.2) is 0 Å². The van der Waals surface area contributed by atoms with Crippen molar-refractivity contribution in [2.45, 2.75) is 37.5 Å². The minimum atomic E-state index is -0.976. The minimum Gasteiger partial charge on any atom is -0.466 e. The number of rotatable bonds is 8. The van der Waals surface area contributed by atoms with Crippen molar-refractivity contribution in [1.29, 1.82) is 0 Å². The average molecular weight is 347 g/mol. The molecule has 1 atom stereocenters. The second-order valence-electron chi connectivity index (χ2n) is 4.10. The van der Waals surface area contributed by atoms with Crippen LogP contribution in [0.2, 0.25) is 0 Å². The fraction of sp³-hybridized carbons (Fsp3) is 0.500. The summed E-state index contributed by atoms with van der Waals surface area (Å²) in [5.74, 6) is 0.486. The third-order valence-electron chi connectivity index (χ3n) is 2.60. The van der Waals surface area contributed by atoms with Crippen molar-refractivity contribution < 1.29 is 13.7 Å². The highest BCUT2D eigenvalue weighted by Gasteiger charge is 2.07. The van der Waals surface area contributed by atoms with Crippen LogP contribution in [0.1, 0.15) is 32.6 Å². The molecule has 3 nitrogen and oxygen atoms in total. The molecule has 0 amide bonds. The summed E-state index contributed by atoms with van der Waals surface area (Å²) in [4.78, 5) is 12.0. The lowest BCUT2D eigenvalue weighted by Gasteiger charge is -2.05. The van der Waals surface area contributed by atoms with Gasteiger partial charge >= 0.3 is 5.97 Å². The van der Waals surface area contributed by atoms with Gasteiger partial charge in [0.1, 0.15) is 0 Å². The Morgan fingerprint density at radius 1 is 1.26 bits per heavy atom. The largest absolute Gasteiger partial charge is 0.466 e. The van der Waals surface area contributed by atoms with Crippen molar-refractivity contribution in [3.05, 3.63) is 28.7 Å². The van der Waals surface area contributed by atoms with E-state index < -0.39 is 10.8 Å². The number of halogens is 1. The summed E-state index contributed by atoms with van der Waals surface area (Å²) in [5.41, 5.74) is 0. The van der Waals surface area contributed by atoms with Crippen molar-refractivity contribution in [2.24, 2.45) is 0 Å². The van der Waals surface area contributed by atoms with Crippen LogP contribution in [-0.2, 0) is 20.3 Å². The summed E-state index contributed by atoms with van der Waals surface area (Å²) in [6.45, 7) is 2.24. The van der Waals surface area contributed by atoms with Crippen LogP contribution in [0.3, 0.4) is 0 Å². The fourth-order valence-electron chi connectivity index (χ4n) is 1.65.